The second-order valence-electron chi connectivity index (χ2n) is 1.80. The van der Waals surface area contributed by atoms with Crippen LogP contribution in [0.3, 0.4) is 0 Å². The number of aliphatic hydroxyl groups excluding tert-OH is 1. The zero-order valence-electron chi connectivity index (χ0n) is 5.19. The summed E-state index contributed by atoms with van der Waals surface area (Å²) in [5, 5.41) is 20.7. The van der Waals surface area contributed by atoms with Crippen molar-refractivity contribution in [3.05, 3.63) is 18.0 Å². The molecule has 4 nitrogen and oxygen atoms in total. The van der Waals surface area contributed by atoms with Crippen LogP contribution in [0.15, 0.2) is 16.9 Å². The Morgan fingerprint density at radius 3 is 3.20 bits per heavy atom. The molecule has 10 heavy (non-hydrogen) atoms. The Bertz CT molecular complexity index is 224. The van der Waals surface area contributed by atoms with Crippen molar-refractivity contribution in [2.45, 2.75) is 12.5 Å². The molecule has 1 aromatic rings. The molecule has 0 aromatic carbocycles. The molecule has 1 heterocycles. The van der Waals surface area contributed by atoms with Gasteiger partial charge in [-0.3, -0.25) is 0 Å². The first-order valence-corrected chi connectivity index (χ1v) is 2.80. The highest BCUT2D eigenvalue weighted by Gasteiger charge is 2.08. The molecule has 0 bridgehead atoms. The molecule has 1 unspecified atom stereocenters. The minimum atomic E-state index is -0.816. The molecule has 0 aliphatic heterocycles. The van der Waals surface area contributed by atoms with Crippen LogP contribution in [0.25, 0.3) is 0 Å². The summed E-state index contributed by atoms with van der Waals surface area (Å²) in [5.74, 6) is 0. The van der Waals surface area contributed by atoms with Crippen LogP contribution in [0, 0.1) is 11.3 Å². The molecule has 0 fully saturated rings. The zero-order chi connectivity index (χ0) is 7.40. The fourth-order valence-electron chi connectivity index (χ4n) is 0.585. The van der Waals surface area contributed by atoms with Crippen LogP contribution in [-0.4, -0.2) is 10.3 Å². The molecule has 52 valence electrons. The lowest BCUT2D eigenvalue weighted by molar-refractivity contribution is 0.172. The molecule has 0 aliphatic rings. The normalized spacial score (nSPS) is 12.4. The fourth-order valence-corrected chi connectivity index (χ4v) is 0.585. The van der Waals surface area contributed by atoms with E-state index in [1.54, 1.807) is 0 Å². The first-order valence-electron chi connectivity index (χ1n) is 2.80. The first kappa shape index (κ1) is 6.78. The van der Waals surface area contributed by atoms with Crippen LogP contribution in [-0.2, 0) is 0 Å². The summed E-state index contributed by atoms with van der Waals surface area (Å²) in [5.41, 5.74) is 0.404. The van der Waals surface area contributed by atoms with Crippen molar-refractivity contribution < 1.29 is 9.63 Å². The molecule has 1 aromatic heterocycles. The highest BCUT2D eigenvalue weighted by molar-refractivity contribution is 5.01. The molecule has 0 saturated heterocycles. The topological polar surface area (TPSA) is 70.0 Å². The third-order valence-electron chi connectivity index (χ3n) is 1.08. The average molecular weight is 138 g/mol. The molecule has 0 radical (unpaired) electrons. The van der Waals surface area contributed by atoms with Gasteiger partial charge in [-0.2, -0.15) is 5.26 Å². The van der Waals surface area contributed by atoms with Crippen molar-refractivity contribution in [2.75, 3.05) is 0 Å². The lowest BCUT2D eigenvalue weighted by Crippen LogP contribution is -1.94. The van der Waals surface area contributed by atoms with Gasteiger partial charge in [0.05, 0.1) is 12.5 Å². The predicted molar refractivity (Wildman–Crippen MR) is 31.7 cm³/mol. The van der Waals surface area contributed by atoms with E-state index in [4.69, 9.17) is 10.4 Å². The van der Waals surface area contributed by atoms with E-state index in [1.165, 1.54) is 12.3 Å². The molecule has 1 atom stereocenters. The van der Waals surface area contributed by atoms with E-state index in [0.717, 1.165) is 0 Å². The van der Waals surface area contributed by atoms with Gasteiger partial charge in [-0.1, -0.05) is 5.16 Å². The summed E-state index contributed by atoms with van der Waals surface area (Å²) in [6.07, 6.45) is 0.589. The Hall–Kier alpha value is -1.34. The summed E-state index contributed by atoms with van der Waals surface area (Å²) in [6.45, 7) is 0. The maximum Gasteiger partial charge on any atom is 0.124 e. The molecule has 0 aliphatic carbocycles. The number of nitrogens with zero attached hydrogens (tertiary/aromatic N) is 2. The third kappa shape index (κ3) is 1.33. The van der Waals surface area contributed by atoms with Crippen LogP contribution in [0.5, 0.6) is 0 Å². The van der Waals surface area contributed by atoms with Gasteiger partial charge in [0.2, 0.25) is 0 Å². The van der Waals surface area contributed by atoms with Crippen LogP contribution in [0.4, 0.5) is 0 Å². The Morgan fingerprint density at radius 1 is 1.90 bits per heavy atom. The summed E-state index contributed by atoms with van der Waals surface area (Å²) < 4.78 is 4.46. The summed E-state index contributed by atoms with van der Waals surface area (Å²) in [6, 6.07) is 3.35. The van der Waals surface area contributed by atoms with Crippen LogP contribution < -0.4 is 0 Å². The smallest absolute Gasteiger partial charge is 0.124 e. The quantitative estimate of drug-likeness (QED) is 0.650. The Kier molecular flexibility index (Phi) is 2.03. The van der Waals surface area contributed by atoms with E-state index in [0.29, 0.717) is 5.69 Å². The summed E-state index contributed by atoms with van der Waals surface area (Å²) in [4.78, 5) is 0. The van der Waals surface area contributed by atoms with Crippen molar-refractivity contribution in [1.82, 2.24) is 5.16 Å². The molecule has 0 spiro atoms. The van der Waals surface area contributed by atoms with E-state index < -0.39 is 6.10 Å². The van der Waals surface area contributed by atoms with Gasteiger partial charge >= 0.3 is 0 Å². The SMILES string of the molecule is N#CCC(O)c1ccon1. The van der Waals surface area contributed by atoms with E-state index in [2.05, 4.69) is 9.68 Å². The lowest BCUT2D eigenvalue weighted by Gasteiger charge is -1.97. The van der Waals surface area contributed by atoms with Gasteiger partial charge in [0.1, 0.15) is 18.1 Å². The molecule has 4 heteroatoms. The van der Waals surface area contributed by atoms with E-state index in [-0.39, 0.29) is 6.42 Å². The van der Waals surface area contributed by atoms with E-state index in [1.807, 2.05) is 6.07 Å². The molecule has 1 rings (SSSR count). The van der Waals surface area contributed by atoms with Crippen molar-refractivity contribution >= 4 is 0 Å². The predicted octanol–water partition coefficient (Wildman–Crippen LogP) is 0.622. The van der Waals surface area contributed by atoms with Crippen molar-refractivity contribution in [3.8, 4) is 6.07 Å². The number of rotatable bonds is 2. The zero-order valence-corrected chi connectivity index (χ0v) is 5.19. The van der Waals surface area contributed by atoms with Crippen molar-refractivity contribution in [2.24, 2.45) is 0 Å². The molecular weight excluding hydrogens is 132 g/mol. The van der Waals surface area contributed by atoms with Crippen LogP contribution in [0.1, 0.15) is 18.2 Å². The van der Waals surface area contributed by atoms with Gasteiger partial charge in [-0.25, -0.2) is 0 Å². The van der Waals surface area contributed by atoms with Crippen LogP contribution >= 0.6 is 0 Å². The lowest BCUT2D eigenvalue weighted by atomic mass is 10.2. The minimum absolute atomic E-state index is 0.0481. The van der Waals surface area contributed by atoms with Gasteiger partial charge in [-0.05, 0) is 0 Å². The summed E-state index contributed by atoms with van der Waals surface area (Å²) in [7, 11) is 0. The molecule has 0 saturated carbocycles. The highest BCUT2D eigenvalue weighted by atomic mass is 16.5. The van der Waals surface area contributed by atoms with Gasteiger partial charge < -0.3 is 9.63 Å². The number of hydrogen-bond donors (Lipinski definition) is 1. The van der Waals surface area contributed by atoms with Crippen molar-refractivity contribution in [3.63, 3.8) is 0 Å². The van der Waals surface area contributed by atoms with E-state index >= 15 is 0 Å². The Labute approximate surface area is 57.7 Å². The highest BCUT2D eigenvalue weighted by Crippen LogP contribution is 2.11. The number of nitriles is 1. The molecule has 1 N–H and O–H groups in total. The fraction of sp³-hybridized carbons (Fsp3) is 0.333. The Balaban J connectivity index is 2.61. The van der Waals surface area contributed by atoms with Gasteiger partial charge in [0.15, 0.2) is 0 Å². The van der Waals surface area contributed by atoms with E-state index in [9.17, 15) is 0 Å². The Morgan fingerprint density at radius 2 is 2.70 bits per heavy atom. The monoisotopic (exact) mass is 138 g/mol. The third-order valence-corrected chi connectivity index (χ3v) is 1.08. The number of hydrogen-bond acceptors (Lipinski definition) is 4. The second kappa shape index (κ2) is 2.99. The average Bonchev–Trinajstić information content (AvgIpc) is 2.38. The maximum absolute atomic E-state index is 9.06. The largest absolute Gasteiger partial charge is 0.386 e. The molecule has 0 amide bonds. The number of aliphatic hydroxyl groups is 1. The standard InChI is InChI=1S/C6H6N2O2/c7-3-1-6(9)5-2-4-10-8-5/h2,4,6,9H,1H2. The van der Waals surface area contributed by atoms with Gasteiger partial charge in [-0.15, -0.1) is 0 Å². The van der Waals surface area contributed by atoms with Gasteiger partial charge in [0, 0.05) is 6.07 Å². The van der Waals surface area contributed by atoms with Crippen LogP contribution in [0.2, 0.25) is 0 Å². The first-order chi connectivity index (χ1) is 4.84. The molecular formula is C6H6N2O2. The summed E-state index contributed by atoms with van der Waals surface area (Å²) >= 11 is 0. The maximum atomic E-state index is 9.06. The minimum Gasteiger partial charge on any atom is -0.386 e. The van der Waals surface area contributed by atoms with Gasteiger partial charge in [0.25, 0.3) is 0 Å². The van der Waals surface area contributed by atoms with Crippen molar-refractivity contribution in [1.29, 1.82) is 5.26 Å². The second-order valence-corrected chi connectivity index (χ2v) is 1.80. The number of aromatic nitrogens is 1.